The van der Waals surface area contributed by atoms with Gasteiger partial charge >= 0.3 is 0 Å². The normalized spacial score (nSPS) is 14.1. The van der Waals surface area contributed by atoms with Gasteiger partial charge in [0.15, 0.2) is 11.5 Å². The monoisotopic (exact) mass is 322 g/mol. The molecule has 1 amide bonds. The van der Waals surface area contributed by atoms with Crippen LogP contribution in [-0.2, 0) is 6.42 Å². The molecule has 7 heteroatoms. The number of nitrogens with zero attached hydrogens (tertiary/aromatic N) is 5. The molecular weight excluding hydrogens is 304 g/mol. The van der Waals surface area contributed by atoms with Crippen molar-refractivity contribution in [3.05, 3.63) is 42.0 Å². The first-order valence-corrected chi connectivity index (χ1v) is 8.00. The molecule has 0 aliphatic carbocycles. The Bertz CT molecular complexity index is 918. The van der Waals surface area contributed by atoms with Gasteiger partial charge in [-0.05, 0) is 18.2 Å². The van der Waals surface area contributed by atoms with Crippen LogP contribution in [0.25, 0.3) is 11.2 Å². The molecule has 0 bridgehead atoms. The van der Waals surface area contributed by atoms with Crippen molar-refractivity contribution in [3.8, 4) is 0 Å². The predicted molar refractivity (Wildman–Crippen MR) is 92.5 cm³/mol. The van der Waals surface area contributed by atoms with Gasteiger partial charge in [0, 0.05) is 39.0 Å². The van der Waals surface area contributed by atoms with Gasteiger partial charge in [0.05, 0.1) is 16.8 Å². The molecule has 1 aliphatic rings. The molecule has 0 radical (unpaired) electrons. The predicted octanol–water partition coefficient (Wildman–Crippen LogP) is 2.01. The molecule has 3 aromatic heterocycles. The van der Waals surface area contributed by atoms with Gasteiger partial charge in [-0.3, -0.25) is 4.79 Å². The van der Waals surface area contributed by atoms with E-state index >= 15 is 0 Å². The Balaban J connectivity index is 1.80. The topological polar surface area (TPSA) is 78.0 Å². The summed E-state index contributed by atoms with van der Waals surface area (Å²) >= 11 is 0. The quantitative estimate of drug-likeness (QED) is 0.781. The van der Waals surface area contributed by atoms with E-state index in [1.54, 1.807) is 23.4 Å². The smallest absolute Gasteiger partial charge is 0.260 e. The van der Waals surface area contributed by atoms with Crippen molar-refractivity contribution in [3.63, 3.8) is 0 Å². The van der Waals surface area contributed by atoms with Crippen LogP contribution in [0, 0.1) is 0 Å². The van der Waals surface area contributed by atoms with Crippen molar-refractivity contribution < 1.29 is 4.79 Å². The van der Waals surface area contributed by atoms with E-state index in [-0.39, 0.29) is 5.91 Å². The highest BCUT2D eigenvalue weighted by Crippen LogP contribution is 2.31. The van der Waals surface area contributed by atoms with Gasteiger partial charge in [-0.2, -0.15) is 0 Å². The molecule has 24 heavy (non-hydrogen) atoms. The highest BCUT2D eigenvalue weighted by atomic mass is 16.2. The number of fused-ring (bicyclic) bond motifs is 2. The molecular formula is C17H18N6O. The number of anilines is 2. The van der Waals surface area contributed by atoms with Crippen LogP contribution >= 0.6 is 0 Å². The number of H-pyrrole nitrogens is 1. The van der Waals surface area contributed by atoms with E-state index in [0.717, 1.165) is 30.3 Å². The zero-order valence-electron chi connectivity index (χ0n) is 13.7. The van der Waals surface area contributed by atoms with Gasteiger partial charge in [0.2, 0.25) is 0 Å². The lowest BCUT2D eigenvalue weighted by Gasteiger charge is -2.34. The minimum atomic E-state index is -0.0592. The number of aromatic amines is 1. The summed E-state index contributed by atoms with van der Waals surface area (Å²) in [7, 11) is 1.99. The van der Waals surface area contributed by atoms with E-state index in [1.165, 1.54) is 0 Å². The van der Waals surface area contributed by atoms with E-state index in [0.29, 0.717) is 23.3 Å². The standard InChI is InChI=1S/C17H18N6O/c1-3-13-20-14-11(6-8-18-15(14)21-13)17(24)23-10-9-22(2)16-12(23)5-4-7-19-16/h4-8H,3,9-10H2,1-2H3,(H,18,20,21). The lowest BCUT2D eigenvalue weighted by Crippen LogP contribution is -2.43. The zero-order valence-corrected chi connectivity index (χ0v) is 13.7. The van der Waals surface area contributed by atoms with Crippen molar-refractivity contribution in [2.75, 3.05) is 29.9 Å². The minimum Gasteiger partial charge on any atom is -0.356 e. The number of rotatable bonds is 2. The van der Waals surface area contributed by atoms with Crippen molar-refractivity contribution in [2.24, 2.45) is 0 Å². The molecule has 3 aromatic rings. The number of likely N-dealkylation sites (N-methyl/N-ethyl adjacent to an activating group) is 1. The molecule has 0 fully saturated rings. The van der Waals surface area contributed by atoms with Crippen molar-refractivity contribution in [1.29, 1.82) is 0 Å². The number of nitrogens with one attached hydrogen (secondary N) is 1. The van der Waals surface area contributed by atoms with Crippen LogP contribution in [0.5, 0.6) is 0 Å². The van der Waals surface area contributed by atoms with Gasteiger partial charge in [0.1, 0.15) is 5.82 Å². The Kier molecular flexibility index (Phi) is 3.41. The van der Waals surface area contributed by atoms with Crippen LogP contribution in [0.2, 0.25) is 0 Å². The SMILES string of the molecule is CCc1nc2nccc(C(=O)N3CCN(C)c4ncccc43)c2[nH]1. The Morgan fingerprint density at radius 2 is 2.12 bits per heavy atom. The Morgan fingerprint density at radius 3 is 2.96 bits per heavy atom. The average molecular weight is 322 g/mol. The number of pyridine rings is 2. The number of amides is 1. The maximum Gasteiger partial charge on any atom is 0.260 e. The number of aryl methyl sites for hydroxylation is 1. The van der Waals surface area contributed by atoms with Crippen molar-refractivity contribution in [2.45, 2.75) is 13.3 Å². The third-order valence-corrected chi connectivity index (χ3v) is 4.33. The fourth-order valence-corrected chi connectivity index (χ4v) is 3.03. The number of imidazole rings is 1. The highest BCUT2D eigenvalue weighted by Gasteiger charge is 2.28. The molecule has 0 saturated carbocycles. The summed E-state index contributed by atoms with van der Waals surface area (Å²) in [5.41, 5.74) is 2.70. The first-order chi connectivity index (χ1) is 11.7. The summed E-state index contributed by atoms with van der Waals surface area (Å²) in [6.07, 6.45) is 4.15. The summed E-state index contributed by atoms with van der Waals surface area (Å²) < 4.78 is 0. The largest absolute Gasteiger partial charge is 0.356 e. The molecule has 0 unspecified atom stereocenters. The third kappa shape index (κ3) is 2.20. The lowest BCUT2D eigenvalue weighted by atomic mass is 10.1. The summed E-state index contributed by atoms with van der Waals surface area (Å²) in [6, 6.07) is 5.53. The molecule has 0 aromatic carbocycles. The molecule has 7 nitrogen and oxygen atoms in total. The fraction of sp³-hybridized carbons (Fsp3) is 0.294. The number of hydrogen-bond acceptors (Lipinski definition) is 5. The highest BCUT2D eigenvalue weighted by molar-refractivity contribution is 6.13. The van der Waals surface area contributed by atoms with Crippen LogP contribution in [0.1, 0.15) is 23.1 Å². The molecule has 0 spiro atoms. The van der Waals surface area contributed by atoms with E-state index in [9.17, 15) is 4.79 Å². The number of carbonyl (C=O) groups is 1. The number of hydrogen-bond donors (Lipinski definition) is 1. The molecule has 1 N–H and O–H groups in total. The molecule has 1 aliphatic heterocycles. The van der Waals surface area contributed by atoms with E-state index < -0.39 is 0 Å². The van der Waals surface area contributed by atoms with Gasteiger partial charge in [-0.15, -0.1) is 0 Å². The summed E-state index contributed by atoms with van der Waals surface area (Å²) in [6.45, 7) is 3.38. The maximum atomic E-state index is 13.2. The van der Waals surface area contributed by atoms with E-state index in [2.05, 4.69) is 24.8 Å². The van der Waals surface area contributed by atoms with Gasteiger partial charge < -0.3 is 14.8 Å². The van der Waals surface area contributed by atoms with E-state index in [4.69, 9.17) is 0 Å². The number of aromatic nitrogens is 4. The average Bonchev–Trinajstić information content (AvgIpc) is 3.05. The third-order valence-electron chi connectivity index (χ3n) is 4.33. The maximum absolute atomic E-state index is 13.2. The van der Waals surface area contributed by atoms with Crippen LogP contribution in [0.15, 0.2) is 30.6 Å². The van der Waals surface area contributed by atoms with Gasteiger partial charge in [0.25, 0.3) is 5.91 Å². The molecule has 4 rings (SSSR count). The van der Waals surface area contributed by atoms with Gasteiger partial charge in [-0.1, -0.05) is 6.92 Å². The second kappa shape index (κ2) is 5.59. The Labute approximate surface area is 139 Å². The summed E-state index contributed by atoms with van der Waals surface area (Å²) in [5, 5.41) is 0. The van der Waals surface area contributed by atoms with Crippen molar-refractivity contribution in [1.82, 2.24) is 19.9 Å². The minimum absolute atomic E-state index is 0.0592. The van der Waals surface area contributed by atoms with Gasteiger partial charge in [-0.25, -0.2) is 15.0 Å². The fourth-order valence-electron chi connectivity index (χ4n) is 3.03. The van der Waals surface area contributed by atoms with Crippen LogP contribution in [0.3, 0.4) is 0 Å². The van der Waals surface area contributed by atoms with Crippen LogP contribution in [0.4, 0.5) is 11.5 Å². The molecule has 0 atom stereocenters. The second-order valence-corrected chi connectivity index (χ2v) is 5.82. The Hall–Kier alpha value is -2.96. The zero-order chi connectivity index (χ0) is 16.7. The van der Waals surface area contributed by atoms with Crippen LogP contribution < -0.4 is 9.80 Å². The van der Waals surface area contributed by atoms with Crippen LogP contribution in [-0.4, -0.2) is 46.0 Å². The molecule has 4 heterocycles. The Morgan fingerprint density at radius 1 is 1.25 bits per heavy atom. The summed E-state index contributed by atoms with van der Waals surface area (Å²) in [5.74, 6) is 1.59. The number of carbonyl (C=O) groups excluding carboxylic acids is 1. The first kappa shape index (κ1) is 14.6. The molecule has 122 valence electrons. The molecule has 0 saturated heterocycles. The first-order valence-electron chi connectivity index (χ1n) is 8.00. The second-order valence-electron chi connectivity index (χ2n) is 5.82. The van der Waals surface area contributed by atoms with E-state index in [1.807, 2.05) is 26.1 Å². The lowest BCUT2D eigenvalue weighted by molar-refractivity contribution is 0.0988. The summed E-state index contributed by atoms with van der Waals surface area (Å²) in [4.78, 5) is 33.3. The van der Waals surface area contributed by atoms with Crippen molar-refractivity contribution >= 4 is 28.6 Å².